The quantitative estimate of drug-likeness (QED) is 0.185. The number of nitrogens with zero attached hydrogens (tertiary/aromatic N) is 4. The lowest BCUT2D eigenvalue weighted by Gasteiger charge is -2.38. The van der Waals surface area contributed by atoms with Crippen LogP contribution in [0.5, 0.6) is 5.75 Å². The largest absolute Gasteiger partial charge is 0.468 e. The molecular formula is C32H37F2N5O4. The molecule has 2 aromatic carbocycles. The molecule has 3 heterocycles. The number of carbonyl (C=O) groups is 1. The van der Waals surface area contributed by atoms with Gasteiger partial charge in [0.1, 0.15) is 34.4 Å². The molecule has 2 aromatic heterocycles. The van der Waals surface area contributed by atoms with Gasteiger partial charge >= 0.3 is 5.97 Å². The van der Waals surface area contributed by atoms with Crippen LogP contribution in [0, 0.1) is 18.6 Å². The second-order valence-corrected chi connectivity index (χ2v) is 11.3. The molecular weight excluding hydrogens is 556 g/mol. The third-order valence-corrected chi connectivity index (χ3v) is 7.66. The van der Waals surface area contributed by atoms with Crippen molar-refractivity contribution in [3.63, 3.8) is 0 Å². The second kappa shape index (κ2) is 12.7. The van der Waals surface area contributed by atoms with E-state index in [9.17, 15) is 4.79 Å². The van der Waals surface area contributed by atoms with E-state index >= 15 is 8.78 Å². The van der Waals surface area contributed by atoms with E-state index < -0.39 is 17.2 Å². The van der Waals surface area contributed by atoms with Crippen molar-refractivity contribution >= 4 is 33.5 Å². The van der Waals surface area contributed by atoms with Gasteiger partial charge in [0.2, 0.25) is 0 Å². The molecule has 5 rings (SSSR count). The number of esters is 1. The van der Waals surface area contributed by atoms with Crippen molar-refractivity contribution < 1.29 is 27.8 Å². The van der Waals surface area contributed by atoms with E-state index in [1.807, 2.05) is 6.92 Å². The van der Waals surface area contributed by atoms with E-state index in [-0.39, 0.29) is 43.4 Å². The van der Waals surface area contributed by atoms with Gasteiger partial charge < -0.3 is 24.8 Å². The summed E-state index contributed by atoms with van der Waals surface area (Å²) in [7, 11) is 1.50. The van der Waals surface area contributed by atoms with Crippen molar-refractivity contribution in [1.29, 1.82) is 0 Å². The van der Waals surface area contributed by atoms with Crippen LogP contribution in [0.15, 0.2) is 30.5 Å². The fourth-order valence-electron chi connectivity index (χ4n) is 5.80. The van der Waals surface area contributed by atoms with Gasteiger partial charge in [-0.1, -0.05) is 6.07 Å². The lowest BCUT2D eigenvalue weighted by Crippen LogP contribution is -2.52. The number of halogens is 2. The average Bonchev–Trinajstić information content (AvgIpc) is 2.96. The van der Waals surface area contributed by atoms with Crippen LogP contribution in [-0.4, -0.2) is 60.1 Å². The Morgan fingerprint density at radius 2 is 2.02 bits per heavy atom. The van der Waals surface area contributed by atoms with E-state index in [1.54, 1.807) is 38.2 Å². The summed E-state index contributed by atoms with van der Waals surface area (Å²) in [6.45, 7) is 7.01. The summed E-state index contributed by atoms with van der Waals surface area (Å²) >= 11 is 0. The lowest BCUT2D eigenvalue weighted by molar-refractivity contribution is -0.143. The van der Waals surface area contributed by atoms with Gasteiger partial charge in [0, 0.05) is 43.9 Å². The van der Waals surface area contributed by atoms with Gasteiger partial charge in [-0.2, -0.15) is 0 Å². The van der Waals surface area contributed by atoms with Gasteiger partial charge in [0.25, 0.3) is 0 Å². The Kier molecular flexibility index (Phi) is 9.03. The average molecular weight is 594 g/mol. The van der Waals surface area contributed by atoms with Crippen LogP contribution < -0.4 is 15.4 Å². The zero-order valence-electron chi connectivity index (χ0n) is 25.0. The summed E-state index contributed by atoms with van der Waals surface area (Å²) in [6, 6.07) is 6.36. The molecule has 1 fully saturated rings. The van der Waals surface area contributed by atoms with Gasteiger partial charge in [0.15, 0.2) is 12.6 Å². The van der Waals surface area contributed by atoms with Crippen LogP contribution in [0.1, 0.15) is 50.9 Å². The number of pyridine rings is 1. The molecule has 228 valence electrons. The highest BCUT2D eigenvalue weighted by atomic mass is 19.1. The highest BCUT2D eigenvalue weighted by Gasteiger charge is 2.30. The Labute approximate surface area is 249 Å². The van der Waals surface area contributed by atoms with Gasteiger partial charge in [-0.05, 0) is 81.0 Å². The van der Waals surface area contributed by atoms with Crippen molar-refractivity contribution in [3.8, 4) is 17.0 Å². The Bertz CT molecular complexity index is 1660. The van der Waals surface area contributed by atoms with Crippen molar-refractivity contribution in [3.05, 3.63) is 53.5 Å². The molecule has 11 heteroatoms. The van der Waals surface area contributed by atoms with E-state index in [2.05, 4.69) is 19.9 Å². The van der Waals surface area contributed by atoms with Crippen LogP contribution in [0.4, 0.5) is 14.6 Å². The maximum Gasteiger partial charge on any atom is 0.305 e. The van der Waals surface area contributed by atoms with Crippen LogP contribution in [0.3, 0.4) is 0 Å². The Morgan fingerprint density at radius 3 is 2.77 bits per heavy atom. The SMILES string of the molecule is CCOC(=O)CCCc1c(F)ccc2cc(OCOC)cc(-c3ncc4c(N5CCC[C@@](C)(N)C5)nc(C)nc4c3F)c12. The zero-order valence-corrected chi connectivity index (χ0v) is 25.0. The minimum absolute atomic E-state index is 0.00367. The topological polar surface area (TPSA) is 113 Å². The van der Waals surface area contributed by atoms with Crippen LogP contribution in [-0.2, 0) is 20.7 Å². The van der Waals surface area contributed by atoms with Crippen molar-refractivity contribution in [2.75, 3.05) is 38.5 Å². The predicted octanol–water partition coefficient (Wildman–Crippen LogP) is 5.62. The first-order valence-corrected chi connectivity index (χ1v) is 14.5. The first-order chi connectivity index (χ1) is 20.6. The molecule has 1 saturated heterocycles. The Morgan fingerprint density at radius 1 is 1.21 bits per heavy atom. The lowest BCUT2D eigenvalue weighted by atomic mass is 9.92. The highest BCUT2D eigenvalue weighted by molar-refractivity contribution is 6.01. The fraction of sp³-hybridized carbons (Fsp3) is 0.438. The second-order valence-electron chi connectivity index (χ2n) is 11.3. The number of nitrogens with two attached hydrogens (primary N) is 1. The van der Waals surface area contributed by atoms with Gasteiger partial charge in [-0.25, -0.2) is 18.7 Å². The monoisotopic (exact) mass is 593 g/mol. The molecule has 43 heavy (non-hydrogen) atoms. The number of ether oxygens (including phenoxy) is 3. The van der Waals surface area contributed by atoms with Gasteiger partial charge in [-0.15, -0.1) is 0 Å². The first kappa shape index (κ1) is 30.5. The molecule has 0 radical (unpaired) electrons. The number of benzene rings is 2. The summed E-state index contributed by atoms with van der Waals surface area (Å²) in [6.07, 6.45) is 4.06. The molecule has 0 saturated carbocycles. The van der Waals surface area contributed by atoms with E-state index in [0.29, 0.717) is 57.6 Å². The molecule has 0 amide bonds. The fourth-order valence-corrected chi connectivity index (χ4v) is 5.80. The molecule has 1 atom stereocenters. The third kappa shape index (κ3) is 6.52. The van der Waals surface area contributed by atoms with Crippen molar-refractivity contribution in [2.45, 2.75) is 58.4 Å². The number of aryl methyl sites for hydroxylation is 2. The molecule has 2 N–H and O–H groups in total. The molecule has 0 unspecified atom stereocenters. The summed E-state index contributed by atoms with van der Waals surface area (Å²) in [4.78, 5) is 27.7. The molecule has 0 aliphatic carbocycles. The summed E-state index contributed by atoms with van der Waals surface area (Å²) in [5, 5.41) is 1.59. The number of rotatable bonds is 10. The summed E-state index contributed by atoms with van der Waals surface area (Å²) in [5.74, 6) is -0.0520. The highest BCUT2D eigenvalue weighted by Crippen LogP contribution is 2.39. The number of hydrogen-bond donors (Lipinski definition) is 1. The molecule has 4 aromatic rings. The van der Waals surface area contributed by atoms with Crippen LogP contribution >= 0.6 is 0 Å². The van der Waals surface area contributed by atoms with E-state index in [0.717, 1.165) is 19.4 Å². The van der Waals surface area contributed by atoms with E-state index in [1.165, 1.54) is 13.2 Å². The van der Waals surface area contributed by atoms with Crippen LogP contribution in [0.2, 0.25) is 0 Å². The smallest absolute Gasteiger partial charge is 0.305 e. The number of anilines is 1. The minimum atomic E-state index is -0.649. The number of aromatic nitrogens is 3. The molecule has 1 aliphatic rings. The first-order valence-electron chi connectivity index (χ1n) is 14.5. The molecule has 9 nitrogen and oxygen atoms in total. The maximum absolute atomic E-state index is 16.6. The van der Waals surface area contributed by atoms with E-state index in [4.69, 9.17) is 19.9 Å². The minimum Gasteiger partial charge on any atom is -0.468 e. The number of piperidine rings is 1. The molecule has 1 aliphatic heterocycles. The Balaban J connectivity index is 1.67. The summed E-state index contributed by atoms with van der Waals surface area (Å²) in [5.41, 5.74) is 6.88. The van der Waals surface area contributed by atoms with Crippen LogP contribution in [0.25, 0.3) is 32.9 Å². The normalized spacial score (nSPS) is 17.0. The van der Waals surface area contributed by atoms with Crippen molar-refractivity contribution in [1.82, 2.24) is 15.0 Å². The summed E-state index contributed by atoms with van der Waals surface area (Å²) < 4.78 is 47.8. The number of hydrogen-bond acceptors (Lipinski definition) is 9. The molecule has 0 bridgehead atoms. The Hall–Kier alpha value is -3.96. The number of fused-ring (bicyclic) bond motifs is 2. The van der Waals surface area contributed by atoms with Crippen molar-refractivity contribution in [2.24, 2.45) is 5.73 Å². The standard InChI is InChI=1S/C32H37F2N5O4/c1-5-42-26(40)9-6-8-22-25(33)11-10-20-14-21(43-18-41-4)15-23(27(20)22)29-28(34)30-24(16-36-29)31(38-19(2)37-30)39-13-7-12-32(3,35)17-39/h10-11,14-16H,5-9,12-13,17-18,35H2,1-4H3/t32-/m1/s1. The predicted molar refractivity (Wildman–Crippen MR) is 161 cm³/mol. The third-order valence-electron chi connectivity index (χ3n) is 7.66. The van der Waals surface area contributed by atoms with Gasteiger partial charge in [-0.3, -0.25) is 9.78 Å². The number of methoxy groups -OCH3 is 1. The molecule has 0 spiro atoms. The zero-order chi connectivity index (χ0) is 30.7. The van der Waals surface area contributed by atoms with Gasteiger partial charge in [0.05, 0.1) is 12.0 Å². The maximum atomic E-state index is 16.6. The number of carbonyl (C=O) groups excluding carboxylic acids is 1.